The lowest BCUT2D eigenvalue weighted by Crippen LogP contribution is -2.44. The zero-order chi connectivity index (χ0) is 19.5. The van der Waals surface area contributed by atoms with Gasteiger partial charge >= 0.3 is 0 Å². The van der Waals surface area contributed by atoms with Crippen LogP contribution in [0, 0.1) is 5.41 Å². The molecule has 1 aliphatic rings. The summed E-state index contributed by atoms with van der Waals surface area (Å²) in [4.78, 5) is 6.09. The van der Waals surface area contributed by atoms with Gasteiger partial charge in [-0.15, -0.1) is 11.3 Å². The number of furan rings is 1. The highest BCUT2D eigenvalue weighted by molar-refractivity contribution is 7.09. The minimum atomic E-state index is 0.335. The van der Waals surface area contributed by atoms with Crippen molar-refractivity contribution in [2.24, 2.45) is 10.4 Å². The third kappa shape index (κ3) is 6.67. The normalized spacial score (nSPS) is 16.4. The summed E-state index contributed by atoms with van der Waals surface area (Å²) in [5.41, 5.74) is 0.335. The van der Waals surface area contributed by atoms with Crippen molar-refractivity contribution >= 4 is 17.3 Å². The SMILES string of the molecule is CCOCCC1(CNC(=NCc2cccs2)NCCc2ccco2)CCCC1. The first-order chi connectivity index (χ1) is 13.8. The van der Waals surface area contributed by atoms with Crippen LogP contribution in [0.3, 0.4) is 0 Å². The number of nitrogens with zero attached hydrogens (tertiary/aromatic N) is 1. The van der Waals surface area contributed by atoms with Crippen molar-refractivity contribution in [2.45, 2.75) is 52.0 Å². The maximum absolute atomic E-state index is 5.65. The van der Waals surface area contributed by atoms with Gasteiger partial charge in [0.15, 0.2) is 5.96 Å². The van der Waals surface area contributed by atoms with Gasteiger partial charge in [-0.05, 0) is 55.2 Å². The number of thiophene rings is 1. The topological polar surface area (TPSA) is 58.8 Å². The molecule has 1 aliphatic carbocycles. The summed E-state index contributed by atoms with van der Waals surface area (Å²) in [7, 11) is 0. The van der Waals surface area contributed by atoms with Crippen LogP contribution in [-0.2, 0) is 17.7 Å². The van der Waals surface area contributed by atoms with Gasteiger partial charge in [-0.3, -0.25) is 0 Å². The number of rotatable bonds is 11. The van der Waals surface area contributed by atoms with Crippen molar-refractivity contribution in [1.82, 2.24) is 10.6 Å². The molecule has 28 heavy (non-hydrogen) atoms. The van der Waals surface area contributed by atoms with E-state index in [1.54, 1.807) is 17.6 Å². The molecule has 0 aromatic carbocycles. The molecule has 2 heterocycles. The first-order valence-electron chi connectivity index (χ1n) is 10.4. The summed E-state index contributed by atoms with van der Waals surface area (Å²) in [6.07, 6.45) is 8.89. The molecule has 6 heteroatoms. The Morgan fingerprint density at radius 1 is 1.25 bits per heavy atom. The van der Waals surface area contributed by atoms with E-state index in [0.717, 1.165) is 50.9 Å². The van der Waals surface area contributed by atoms with E-state index in [4.69, 9.17) is 14.1 Å². The van der Waals surface area contributed by atoms with E-state index in [-0.39, 0.29) is 0 Å². The lowest BCUT2D eigenvalue weighted by Gasteiger charge is -2.30. The fourth-order valence-corrected chi connectivity index (χ4v) is 4.47. The maximum Gasteiger partial charge on any atom is 0.191 e. The van der Waals surface area contributed by atoms with Gasteiger partial charge in [0.1, 0.15) is 5.76 Å². The highest BCUT2D eigenvalue weighted by atomic mass is 32.1. The van der Waals surface area contributed by atoms with E-state index in [0.29, 0.717) is 12.0 Å². The van der Waals surface area contributed by atoms with Crippen LogP contribution in [0.1, 0.15) is 49.7 Å². The van der Waals surface area contributed by atoms with E-state index in [9.17, 15) is 0 Å². The number of nitrogens with one attached hydrogen (secondary N) is 2. The Balaban J connectivity index is 1.55. The first kappa shape index (κ1) is 20.9. The molecular formula is C22H33N3O2S. The molecule has 0 amide bonds. The molecule has 2 N–H and O–H groups in total. The number of ether oxygens (including phenoxy) is 1. The summed E-state index contributed by atoms with van der Waals surface area (Å²) >= 11 is 1.75. The number of aliphatic imine (C=N–C) groups is 1. The monoisotopic (exact) mass is 403 g/mol. The fraction of sp³-hybridized carbons (Fsp3) is 0.591. The lowest BCUT2D eigenvalue weighted by molar-refractivity contribution is 0.105. The van der Waals surface area contributed by atoms with Gasteiger partial charge in [0.2, 0.25) is 0 Å². The van der Waals surface area contributed by atoms with Crippen LogP contribution in [0.25, 0.3) is 0 Å². The minimum Gasteiger partial charge on any atom is -0.469 e. The zero-order valence-corrected chi connectivity index (χ0v) is 17.7. The first-order valence-corrected chi connectivity index (χ1v) is 11.3. The van der Waals surface area contributed by atoms with Crippen molar-refractivity contribution in [3.05, 3.63) is 46.5 Å². The molecule has 0 radical (unpaired) electrons. The Labute approximate surface area is 172 Å². The second kappa shape index (κ2) is 11.3. The fourth-order valence-electron chi connectivity index (χ4n) is 3.84. The zero-order valence-electron chi connectivity index (χ0n) is 16.9. The average Bonchev–Trinajstić information content (AvgIpc) is 3.47. The van der Waals surface area contributed by atoms with Crippen molar-refractivity contribution in [3.63, 3.8) is 0 Å². The Hall–Kier alpha value is -1.79. The van der Waals surface area contributed by atoms with Crippen LogP contribution in [0.15, 0.2) is 45.3 Å². The molecule has 0 saturated heterocycles. The van der Waals surface area contributed by atoms with E-state index in [2.05, 4.69) is 35.1 Å². The smallest absolute Gasteiger partial charge is 0.191 e. The van der Waals surface area contributed by atoms with Gasteiger partial charge in [-0.1, -0.05) is 18.9 Å². The molecule has 0 aliphatic heterocycles. The van der Waals surface area contributed by atoms with Crippen LogP contribution < -0.4 is 10.6 Å². The van der Waals surface area contributed by atoms with Gasteiger partial charge in [0, 0.05) is 37.6 Å². The van der Waals surface area contributed by atoms with Gasteiger partial charge in [-0.25, -0.2) is 4.99 Å². The Morgan fingerprint density at radius 3 is 2.86 bits per heavy atom. The van der Waals surface area contributed by atoms with Crippen molar-refractivity contribution in [2.75, 3.05) is 26.3 Å². The van der Waals surface area contributed by atoms with Gasteiger partial charge in [0.05, 0.1) is 12.8 Å². The standard InChI is InChI=1S/C22H33N3O2S/c1-2-26-15-12-22(10-3-4-11-22)18-25-21(24-17-20-8-6-16-28-20)23-13-9-19-7-5-14-27-19/h5-8,14,16H,2-4,9-13,15,17-18H2,1H3,(H2,23,24,25). The van der Waals surface area contributed by atoms with Gasteiger partial charge in [0.25, 0.3) is 0 Å². The second-order valence-corrected chi connectivity index (χ2v) is 8.54. The number of guanidine groups is 1. The average molecular weight is 404 g/mol. The molecule has 1 saturated carbocycles. The predicted octanol–water partition coefficient (Wildman–Crippen LogP) is 4.61. The summed E-state index contributed by atoms with van der Waals surface area (Å²) in [6, 6.07) is 8.16. The van der Waals surface area contributed by atoms with E-state index < -0.39 is 0 Å². The van der Waals surface area contributed by atoms with Crippen LogP contribution in [0.4, 0.5) is 0 Å². The molecule has 2 aromatic heterocycles. The molecule has 0 bridgehead atoms. The van der Waals surface area contributed by atoms with Crippen molar-refractivity contribution < 1.29 is 9.15 Å². The van der Waals surface area contributed by atoms with E-state index >= 15 is 0 Å². The third-order valence-electron chi connectivity index (χ3n) is 5.49. The molecule has 1 fully saturated rings. The van der Waals surface area contributed by atoms with Crippen LogP contribution in [0.2, 0.25) is 0 Å². The van der Waals surface area contributed by atoms with Crippen molar-refractivity contribution in [1.29, 1.82) is 0 Å². The Morgan fingerprint density at radius 2 is 2.14 bits per heavy atom. The quantitative estimate of drug-likeness (QED) is 0.327. The number of hydrogen-bond donors (Lipinski definition) is 2. The summed E-state index contributed by atoms with van der Waals surface area (Å²) in [6.45, 7) is 6.18. The molecule has 0 unspecified atom stereocenters. The van der Waals surface area contributed by atoms with E-state index in [1.807, 2.05) is 12.1 Å². The Kier molecular flexibility index (Phi) is 8.42. The molecule has 0 spiro atoms. The maximum atomic E-state index is 5.65. The highest BCUT2D eigenvalue weighted by Gasteiger charge is 2.33. The summed E-state index contributed by atoms with van der Waals surface area (Å²) < 4.78 is 11.1. The molecule has 0 atom stereocenters. The molecule has 2 aromatic rings. The molecule has 5 nitrogen and oxygen atoms in total. The molecule has 3 rings (SSSR count). The molecule has 154 valence electrons. The Bertz CT molecular complexity index is 677. The van der Waals surface area contributed by atoms with Crippen LogP contribution in [0.5, 0.6) is 0 Å². The van der Waals surface area contributed by atoms with Crippen molar-refractivity contribution in [3.8, 4) is 0 Å². The highest BCUT2D eigenvalue weighted by Crippen LogP contribution is 2.40. The minimum absolute atomic E-state index is 0.335. The van der Waals surface area contributed by atoms with Gasteiger partial charge in [-0.2, -0.15) is 0 Å². The number of hydrogen-bond acceptors (Lipinski definition) is 4. The largest absolute Gasteiger partial charge is 0.469 e. The third-order valence-corrected chi connectivity index (χ3v) is 6.35. The predicted molar refractivity (Wildman–Crippen MR) is 116 cm³/mol. The summed E-state index contributed by atoms with van der Waals surface area (Å²) in [5.74, 6) is 1.89. The summed E-state index contributed by atoms with van der Waals surface area (Å²) in [5, 5.41) is 9.21. The lowest BCUT2D eigenvalue weighted by atomic mass is 9.83. The molecular weight excluding hydrogens is 370 g/mol. The van der Waals surface area contributed by atoms with Crippen LogP contribution in [-0.4, -0.2) is 32.3 Å². The second-order valence-electron chi connectivity index (χ2n) is 7.51. The van der Waals surface area contributed by atoms with E-state index in [1.165, 1.54) is 30.6 Å². The van der Waals surface area contributed by atoms with Crippen LogP contribution >= 0.6 is 11.3 Å². The van der Waals surface area contributed by atoms with Gasteiger partial charge < -0.3 is 19.8 Å².